The van der Waals surface area contributed by atoms with Crippen LogP contribution in [0.4, 0.5) is 13.2 Å². The highest BCUT2D eigenvalue weighted by Crippen LogP contribution is 2.11. The summed E-state index contributed by atoms with van der Waals surface area (Å²) in [6, 6.07) is 6.35. The molecule has 1 heterocycles. The van der Waals surface area contributed by atoms with Gasteiger partial charge in [-0.3, -0.25) is 9.56 Å². The maximum Gasteiger partial charge on any atom is 0.319 e. The topological polar surface area (TPSA) is 54.2 Å². The Balaban J connectivity index is 1.80. The van der Waals surface area contributed by atoms with Gasteiger partial charge in [-0.05, 0) is 24.1 Å². The van der Waals surface area contributed by atoms with Gasteiger partial charge >= 0.3 is 6.55 Å². The summed E-state index contributed by atoms with van der Waals surface area (Å²) in [4.78, 5) is 7.88. The molecule has 0 bridgehead atoms. The minimum atomic E-state index is -2.63. The van der Waals surface area contributed by atoms with E-state index >= 15 is 0 Å². The van der Waals surface area contributed by atoms with Gasteiger partial charge in [0, 0.05) is 26.0 Å². The third-order valence-corrected chi connectivity index (χ3v) is 3.19. The van der Waals surface area contributed by atoms with Crippen LogP contribution < -0.4 is 10.6 Å². The highest BCUT2D eigenvalue weighted by molar-refractivity contribution is 5.79. The Morgan fingerprint density at radius 1 is 1.35 bits per heavy atom. The molecule has 5 nitrogen and oxygen atoms in total. The normalized spacial score (nSPS) is 11.8. The van der Waals surface area contributed by atoms with Gasteiger partial charge in [-0.2, -0.15) is 8.78 Å². The van der Waals surface area contributed by atoms with Gasteiger partial charge in [-0.1, -0.05) is 12.1 Å². The Bertz CT molecular complexity index is 654. The van der Waals surface area contributed by atoms with E-state index in [1.807, 2.05) is 6.07 Å². The molecule has 2 rings (SSSR count). The number of hydrogen-bond donors (Lipinski definition) is 2. The molecule has 0 spiro atoms. The van der Waals surface area contributed by atoms with Crippen molar-refractivity contribution in [3.8, 4) is 0 Å². The van der Waals surface area contributed by atoms with Crippen LogP contribution in [0.15, 0.2) is 41.7 Å². The standard InChI is InChI=1S/C15H18F3N5/c1-19-15(21-6-5-11-3-2-4-12(16)9-11)22-10-13-20-7-8-23(13)14(17)18/h2-4,7-9,14H,5-6,10H2,1H3,(H2,19,21,22). The van der Waals surface area contributed by atoms with Gasteiger partial charge in [-0.15, -0.1) is 0 Å². The number of rotatable bonds is 6. The van der Waals surface area contributed by atoms with Gasteiger partial charge in [0.25, 0.3) is 0 Å². The summed E-state index contributed by atoms with van der Waals surface area (Å²) < 4.78 is 39.3. The molecule has 2 aromatic rings. The molecule has 0 aliphatic carbocycles. The zero-order chi connectivity index (χ0) is 16.7. The van der Waals surface area contributed by atoms with E-state index in [0.29, 0.717) is 18.9 Å². The average molecular weight is 325 g/mol. The molecule has 0 atom stereocenters. The van der Waals surface area contributed by atoms with Crippen LogP contribution in [0.3, 0.4) is 0 Å². The van der Waals surface area contributed by atoms with Gasteiger partial charge in [0.1, 0.15) is 11.6 Å². The van der Waals surface area contributed by atoms with Crippen LogP contribution in [0.5, 0.6) is 0 Å². The van der Waals surface area contributed by atoms with Crippen LogP contribution in [0, 0.1) is 5.82 Å². The SMILES string of the molecule is CN=C(NCCc1cccc(F)c1)NCc1nccn1C(F)F. The zero-order valence-electron chi connectivity index (χ0n) is 12.6. The molecule has 23 heavy (non-hydrogen) atoms. The van der Waals surface area contributed by atoms with Crippen molar-refractivity contribution in [2.45, 2.75) is 19.5 Å². The second-order valence-corrected chi connectivity index (χ2v) is 4.76. The molecule has 1 aromatic heterocycles. The molecule has 0 saturated heterocycles. The number of hydrogen-bond acceptors (Lipinski definition) is 2. The number of aromatic nitrogens is 2. The number of guanidine groups is 1. The average Bonchev–Trinajstić information content (AvgIpc) is 2.99. The molecule has 0 radical (unpaired) electrons. The summed E-state index contributed by atoms with van der Waals surface area (Å²) in [7, 11) is 1.58. The molecule has 0 amide bonds. The van der Waals surface area contributed by atoms with Crippen molar-refractivity contribution in [1.82, 2.24) is 20.2 Å². The first-order valence-electron chi connectivity index (χ1n) is 7.09. The fourth-order valence-corrected chi connectivity index (χ4v) is 2.06. The van der Waals surface area contributed by atoms with Crippen LogP contribution in [-0.2, 0) is 13.0 Å². The van der Waals surface area contributed by atoms with Gasteiger partial charge in [0.2, 0.25) is 0 Å². The first kappa shape index (κ1) is 16.9. The molecule has 1 aromatic carbocycles. The van der Waals surface area contributed by atoms with Crippen LogP contribution in [0.2, 0.25) is 0 Å². The van der Waals surface area contributed by atoms with E-state index in [1.165, 1.54) is 24.5 Å². The van der Waals surface area contributed by atoms with Crippen LogP contribution >= 0.6 is 0 Å². The van der Waals surface area contributed by atoms with Crippen LogP contribution in [0.25, 0.3) is 0 Å². The number of nitrogens with one attached hydrogen (secondary N) is 2. The summed E-state index contributed by atoms with van der Waals surface area (Å²) in [6.07, 6.45) is 3.16. The molecule has 0 unspecified atom stereocenters. The van der Waals surface area contributed by atoms with E-state index < -0.39 is 6.55 Å². The number of aliphatic imine (C=N–C) groups is 1. The lowest BCUT2D eigenvalue weighted by molar-refractivity contribution is 0.0668. The summed E-state index contributed by atoms with van der Waals surface area (Å²) >= 11 is 0. The van der Waals surface area contributed by atoms with Crippen LogP contribution in [-0.4, -0.2) is 29.1 Å². The Morgan fingerprint density at radius 2 is 2.17 bits per heavy atom. The lowest BCUT2D eigenvalue weighted by Gasteiger charge is -2.12. The molecular formula is C15H18F3N5. The molecule has 0 fully saturated rings. The van der Waals surface area contributed by atoms with Gasteiger partial charge in [0.05, 0.1) is 6.54 Å². The Morgan fingerprint density at radius 3 is 2.87 bits per heavy atom. The Hall–Kier alpha value is -2.51. The van der Waals surface area contributed by atoms with E-state index in [4.69, 9.17) is 0 Å². The van der Waals surface area contributed by atoms with Gasteiger partial charge < -0.3 is 10.6 Å². The number of nitrogens with zero attached hydrogens (tertiary/aromatic N) is 3. The molecule has 0 aliphatic rings. The number of imidazole rings is 1. The van der Waals surface area contributed by atoms with E-state index in [-0.39, 0.29) is 18.2 Å². The second-order valence-electron chi connectivity index (χ2n) is 4.76. The summed E-state index contributed by atoms with van der Waals surface area (Å²) in [5, 5.41) is 5.95. The zero-order valence-corrected chi connectivity index (χ0v) is 12.6. The van der Waals surface area contributed by atoms with Crippen molar-refractivity contribution >= 4 is 5.96 Å². The quantitative estimate of drug-likeness (QED) is 0.633. The monoisotopic (exact) mass is 325 g/mol. The van der Waals surface area contributed by atoms with Gasteiger partial charge in [0.15, 0.2) is 5.96 Å². The smallest absolute Gasteiger partial charge is 0.319 e. The van der Waals surface area contributed by atoms with Crippen molar-refractivity contribution in [2.75, 3.05) is 13.6 Å². The molecule has 0 saturated carbocycles. The predicted octanol–water partition coefficient (Wildman–Crippen LogP) is 2.33. The maximum atomic E-state index is 13.1. The molecule has 8 heteroatoms. The highest BCUT2D eigenvalue weighted by atomic mass is 19.3. The number of alkyl halides is 2. The Labute approximate surface area is 132 Å². The second kappa shape index (κ2) is 8.21. The van der Waals surface area contributed by atoms with E-state index in [0.717, 1.165) is 10.1 Å². The Kier molecular flexibility index (Phi) is 6.02. The summed E-state index contributed by atoms with van der Waals surface area (Å²) in [5.74, 6) is 0.405. The third kappa shape index (κ3) is 5.01. The first-order chi connectivity index (χ1) is 11.1. The summed E-state index contributed by atoms with van der Waals surface area (Å²) in [6.45, 7) is -1.97. The lowest BCUT2D eigenvalue weighted by atomic mass is 10.1. The fourth-order valence-electron chi connectivity index (χ4n) is 2.06. The first-order valence-corrected chi connectivity index (χ1v) is 7.09. The van der Waals surface area contributed by atoms with Crippen molar-refractivity contribution in [3.05, 3.63) is 53.9 Å². The largest absolute Gasteiger partial charge is 0.356 e. The lowest BCUT2D eigenvalue weighted by Crippen LogP contribution is -2.38. The van der Waals surface area contributed by atoms with Crippen molar-refractivity contribution in [3.63, 3.8) is 0 Å². The van der Waals surface area contributed by atoms with Gasteiger partial charge in [-0.25, -0.2) is 9.37 Å². The van der Waals surface area contributed by atoms with E-state index in [2.05, 4.69) is 20.6 Å². The molecule has 0 aliphatic heterocycles. The van der Waals surface area contributed by atoms with Crippen molar-refractivity contribution < 1.29 is 13.2 Å². The fraction of sp³-hybridized carbons (Fsp3) is 0.333. The summed E-state index contributed by atoms with van der Waals surface area (Å²) in [5.41, 5.74) is 0.862. The van der Waals surface area contributed by atoms with Crippen LogP contribution in [0.1, 0.15) is 17.9 Å². The van der Waals surface area contributed by atoms with Crippen molar-refractivity contribution in [2.24, 2.45) is 4.99 Å². The maximum absolute atomic E-state index is 13.1. The number of benzene rings is 1. The molecule has 124 valence electrons. The highest BCUT2D eigenvalue weighted by Gasteiger charge is 2.11. The molecule has 2 N–H and O–H groups in total. The minimum Gasteiger partial charge on any atom is -0.356 e. The van der Waals surface area contributed by atoms with E-state index in [1.54, 1.807) is 13.1 Å². The number of halogens is 3. The third-order valence-electron chi connectivity index (χ3n) is 3.19. The minimum absolute atomic E-state index is 0.122. The van der Waals surface area contributed by atoms with E-state index in [9.17, 15) is 13.2 Å². The predicted molar refractivity (Wildman–Crippen MR) is 81.8 cm³/mol. The van der Waals surface area contributed by atoms with Crippen molar-refractivity contribution in [1.29, 1.82) is 0 Å². The molecular weight excluding hydrogens is 307 g/mol.